The number of aryl methyl sites for hydroxylation is 1. The van der Waals surface area contributed by atoms with Crippen LogP contribution in [0.25, 0.3) is 0 Å². The summed E-state index contributed by atoms with van der Waals surface area (Å²) in [6, 6.07) is 8.37. The predicted molar refractivity (Wildman–Crippen MR) is 65.3 cm³/mol. The molecule has 0 aromatic carbocycles. The smallest absolute Gasteiger partial charge is 0.126 e. The molecule has 2 aromatic rings. The van der Waals surface area contributed by atoms with Crippen molar-refractivity contribution in [3.05, 3.63) is 46.3 Å². The zero-order valence-corrected chi connectivity index (χ0v) is 9.71. The van der Waals surface area contributed by atoms with Gasteiger partial charge >= 0.3 is 0 Å². The first-order valence-corrected chi connectivity index (χ1v) is 5.87. The minimum atomic E-state index is 0.319. The molecule has 15 heavy (non-hydrogen) atoms. The van der Waals surface area contributed by atoms with Crippen molar-refractivity contribution in [2.45, 2.75) is 19.9 Å². The molecule has 2 aromatic heterocycles. The summed E-state index contributed by atoms with van der Waals surface area (Å²) in [6.45, 7) is 4.30. The van der Waals surface area contributed by atoms with E-state index in [1.165, 1.54) is 10.4 Å². The molecule has 2 rings (SSSR count). The Morgan fingerprint density at radius 3 is 2.80 bits per heavy atom. The zero-order chi connectivity index (χ0) is 10.7. The lowest BCUT2D eigenvalue weighted by Gasteiger charge is -2.13. The topological polar surface area (TPSA) is 24.9 Å². The van der Waals surface area contributed by atoms with Gasteiger partial charge in [0.05, 0.1) is 6.04 Å². The fraction of sp³-hybridized carbons (Fsp3) is 0.250. The minimum Gasteiger partial charge on any atom is -0.363 e. The lowest BCUT2D eigenvalue weighted by Crippen LogP contribution is -2.06. The third-order valence-electron chi connectivity index (χ3n) is 2.32. The van der Waals surface area contributed by atoms with Gasteiger partial charge in [-0.1, -0.05) is 6.07 Å². The predicted octanol–water partition coefficient (Wildman–Crippen LogP) is 3.62. The Labute approximate surface area is 94.0 Å². The monoisotopic (exact) mass is 218 g/mol. The Hall–Kier alpha value is -1.35. The second kappa shape index (κ2) is 4.45. The van der Waals surface area contributed by atoms with Crippen molar-refractivity contribution in [3.8, 4) is 0 Å². The maximum absolute atomic E-state index is 4.25. The molecule has 0 aliphatic carbocycles. The van der Waals surface area contributed by atoms with Crippen molar-refractivity contribution < 1.29 is 0 Å². The minimum absolute atomic E-state index is 0.319. The van der Waals surface area contributed by atoms with Crippen molar-refractivity contribution >= 4 is 17.2 Å². The van der Waals surface area contributed by atoms with Gasteiger partial charge in [0.25, 0.3) is 0 Å². The lowest BCUT2D eigenvalue weighted by molar-refractivity contribution is 0.888. The van der Waals surface area contributed by atoms with E-state index in [-0.39, 0.29) is 0 Å². The summed E-state index contributed by atoms with van der Waals surface area (Å²) in [4.78, 5) is 5.63. The van der Waals surface area contributed by atoms with Gasteiger partial charge in [-0.15, -0.1) is 11.3 Å². The number of rotatable bonds is 3. The van der Waals surface area contributed by atoms with Crippen LogP contribution in [0.1, 0.15) is 23.4 Å². The fourth-order valence-corrected chi connectivity index (χ4v) is 2.50. The Kier molecular flexibility index (Phi) is 3.02. The summed E-state index contributed by atoms with van der Waals surface area (Å²) >= 11 is 1.79. The molecule has 1 N–H and O–H groups in total. The van der Waals surface area contributed by atoms with Crippen LogP contribution < -0.4 is 5.32 Å². The molecule has 3 heteroatoms. The summed E-state index contributed by atoms with van der Waals surface area (Å²) in [5.41, 5.74) is 1.34. The van der Waals surface area contributed by atoms with Crippen LogP contribution in [0.5, 0.6) is 0 Å². The van der Waals surface area contributed by atoms with E-state index in [0.29, 0.717) is 6.04 Å². The number of anilines is 1. The number of nitrogens with one attached hydrogen (secondary N) is 1. The summed E-state index contributed by atoms with van der Waals surface area (Å²) in [5.74, 6) is 0.929. The van der Waals surface area contributed by atoms with Crippen molar-refractivity contribution in [1.29, 1.82) is 0 Å². The van der Waals surface area contributed by atoms with Gasteiger partial charge in [-0.3, -0.25) is 0 Å². The molecule has 0 aliphatic heterocycles. The Morgan fingerprint density at radius 1 is 1.33 bits per heavy atom. The first-order chi connectivity index (χ1) is 7.27. The van der Waals surface area contributed by atoms with Crippen molar-refractivity contribution in [2.75, 3.05) is 5.32 Å². The standard InChI is InChI=1S/C12H14N2S/c1-9-6-8-15-12(9)10(2)14-11-5-3-4-7-13-11/h3-8,10H,1-2H3,(H,13,14). The van der Waals surface area contributed by atoms with Crippen LogP contribution in [0.3, 0.4) is 0 Å². The van der Waals surface area contributed by atoms with Crippen molar-refractivity contribution in [3.63, 3.8) is 0 Å². The molecule has 0 radical (unpaired) electrons. The zero-order valence-electron chi connectivity index (χ0n) is 8.90. The number of hydrogen-bond donors (Lipinski definition) is 1. The van der Waals surface area contributed by atoms with E-state index in [0.717, 1.165) is 5.82 Å². The molecule has 78 valence electrons. The number of hydrogen-bond acceptors (Lipinski definition) is 3. The van der Waals surface area contributed by atoms with Gasteiger partial charge in [-0.2, -0.15) is 0 Å². The Morgan fingerprint density at radius 2 is 2.20 bits per heavy atom. The van der Waals surface area contributed by atoms with Gasteiger partial charge in [0.15, 0.2) is 0 Å². The SMILES string of the molecule is Cc1ccsc1C(C)Nc1ccccn1. The van der Waals surface area contributed by atoms with Gasteiger partial charge in [-0.25, -0.2) is 4.98 Å². The van der Waals surface area contributed by atoms with Gasteiger partial charge in [0.2, 0.25) is 0 Å². The molecule has 1 atom stereocenters. The fourth-order valence-electron chi connectivity index (χ4n) is 1.56. The van der Waals surface area contributed by atoms with Crippen LogP contribution in [0.2, 0.25) is 0 Å². The molecule has 0 spiro atoms. The Balaban J connectivity index is 2.11. The average molecular weight is 218 g/mol. The normalized spacial score (nSPS) is 12.4. The summed E-state index contributed by atoms with van der Waals surface area (Å²) in [6.07, 6.45) is 1.80. The molecular weight excluding hydrogens is 204 g/mol. The van der Waals surface area contributed by atoms with E-state index in [4.69, 9.17) is 0 Å². The molecule has 0 fully saturated rings. The highest BCUT2D eigenvalue weighted by atomic mass is 32.1. The largest absolute Gasteiger partial charge is 0.363 e. The molecule has 0 aliphatic rings. The van der Waals surface area contributed by atoms with Crippen LogP contribution in [-0.4, -0.2) is 4.98 Å². The maximum Gasteiger partial charge on any atom is 0.126 e. The number of pyridine rings is 1. The van der Waals surface area contributed by atoms with E-state index < -0.39 is 0 Å². The Bertz CT molecular complexity index is 422. The number of thiophene rings is 1. The number of nitrogens with zero attached hydrogens (tertiary/aromatic N) is 1. The first-order valence-electron chi connectivity index (χ1n) is 4.99. The average Bonchev–Trinajstić information content (AvgIpc) is 2.66. The first kappa shape index (κ1) is 10.2. The van der Waals surface area contributed by atoms with Gasteiger partial charge < -0.3 is 5.32 Å². The quantitative estimate of drug-likeness (QED) is 0.851. The molecule has 0 saturated carbocycles. The van der Waals surface area contributed by atoms with Crippen molar-refractivity contribution in [2.24, 2.45) is 0 Å². The van der Waals surface area contributed by atoms with E-state index in [1.54, 1.807) is 17.5 Å². The van der Waals surface area contributed by atoms with Gasteiger partial charge in [0.1, 0.15) is 5.82 Å². The third kappa shape index (κ3) is 2.36. The lowest BCUT2D eigenvalue weighted by atomic mass is 10.2. The molecular formula is C12H14N2S. The maximum atomic E-state index is 4.25. The van der Waals surface area contributed by atoms with E-state index in [1.807, 2.05) is 18.2 Å². The highest BCUT2D eigenvalue weighted by molar-refractivity contribution is 7.10. The molecule has 0 amide bonds. The van der Waals surface area contributed by atoms with Crippen LogP contribution in [0.15, 0.2) is 35.8 Å². The summed E-state index contributed by atoms with van der Waals surface area (Å²) in [7, 11) is 0. The van der Waals surface area contributed by atoms with E-state index in [9.17, 15) is 0 Å². The van der Waals surface area contributed by atoms with E-state index in [2.05, 4.69) is 35.6 Å². The molecule has 2 heterocycles. The van der Waals surface area contributed by atoms with Crippen LogP contribution in [0.4, 0.5) is 5.82 Å². The summed E-state index contributed by atoms with van der Waals surface area (Å²) in [5, 5.41) is 5.51. The van der Waals surface area contributed by atoms with E-state index >= 15 is 0 Å². The molecule has 1 unspecified atom stereocenters. The van der Waals surface area contributed by atoms with Crippen molar-refractivity contribution in [1.82, 2.24) is 4.98 Å². The van der Waals surface area contributed by atoms with Crippen LogP contribution in [-0.2, 0) is 0 Å². The second-order valence-electron chi connectivity index (χ2n) is 3.55. The molecule has 0 bridgehead atoms. The second-order valence-corrected chi connectivity index (χ2v) is 4.50. The highest BCUT2D eigenvalue weighted by Crippen LogP contribution is 2.25. The number of aromatic nitrogens is 1. The summed E-state index contributed by atoms with van der Waals surface area (Å²) < 4.78 is 0. The van der Waals surface area contributed by atoms with Crippen LogP contribution >= 0.6 is 11.3 Å². The highest BCUT2D eigenvalue weighted by Gasteiger charge is 2.09. The van der Waals surface area contributed by atoms with Gasteiger partial charge in [0, 0.05) is 11.1 Å². The van der Waals surface area contributed by atoms with Gasteiger partial charge in [-0.05, 0) is 43.0 Å². The van der Waals surface area contributed by atoms with Crippen LogP contribution in [0, 0.1) is 6.92 Å². The third-order valence-corrected chi connectivity index (χ3v) is 3.53. The molecule has 2 nitrogen and oxygen atoms in total. The molecule has 0 saturated heterocycles.